The maximum atomic E-state index is 5.69. The van der Waals surface area contributed by atoms with Crippen molar-refractivity contribution in [3.8, 4) is 0 Å². The number of nitrogens with zero attached hydrogens (tertiary/aromatic N) is 1. The molecule has 3 aromatic rings. The van der Waals surface area contributed by atoms with Crippen molar-refractivity contribution in [2.75, 3.05) is 5.32 Å². The number of hydrogen-bond donors (Lipinski definition) is 2. The minimum atomic E-state index is 0.286. The highest BCUT2D eigenvalue weighted by Crippen LogP contribution is 2.23. The molecule has 0 radical (unpaired) electrons. The topological polar surface area (TPSA) is 50.9 Å². The summed E-state index contributed by atoms with van der Waals surface area (Å²) in [6.45, 7) is 0. The van der Waals surface area contributed by atoms with Gasteiger partial charge in [0.25, 0.3) is 0 Å². The predicted molar refractivity (Wildman–Crippen MR) is 87.4 cm³/mol. The normalized spacial score (nSPS) is 10.4. The minimum absolute atomic E-state index is 0.286. The summed E-state index contributed by atoms with van der Waals surface area (Å²) in [4.78, 5) is 4.49. The third-order valence-corrected chi connectivity index (χ3v) is 3.26. The molecule has 4 heteroatoms. The zero-order chi connectivity index (χ0) is 13.9. The predicted octanol–water partition coefficient (Wildman–Crippen LogP) is 3.61. The fraction of sp³-hybridized carbons (Fsp3) is 0. The first-order valence-electron chi connectivity index (χ1n) is 6.25. The van der Waals surface area contributed by atoms with E-state index in [-0.39, 0.29) is 4.99 Å². The van der Waals surface area contributed by atoms with Gasteiger partial charge in [-0.2, -0.15) is 0 Å². The molecular weight excluding hydrogens is 266 g/mol. The Bertz CT molecular complexity index is 783. The molecular formula is C16H13N3S. The van der Waals surface area contributed by atoms with Crippen LogP contribution in [0.4, 0.5) is 11.4 Å². The van der Waals surface area contributed by atoms with Crippen LogP contribution >= 0.6 is 12.2 Å². The highest BCUT2D eigenvalue weighted by atomic mass is 32.1. The lowest BCUT2D eigenvalue weighted by molar-refractivity contribution is 1.29. The van der Waals surface area contributed by atoms with Gasteiger partial charge in [-0.15, -0.1) is 0 Å². The quantitative estimate of drug-likeness (QED) is 0.719. The Kier molecular flexibility index (Phi) is 3.31. The van der Waals surface area contributed by atoms with Gasteiger partial charge in [-0.05, 0) is 35.0 Å². The fourth-order valence-electron chi connectivity index (χ4n) is 2.13. The number of thiocarbonyl (C=S) groups is 1. The Hall–Kier alpha value is -2.46. The molecule has 0 saturated heterocycles. The number of anilines is 2. The van der Waals surface area contributed by atoms with Crippen LogP contribution in [0.3, 0.4) is 0 Å². The van der Waals surface area contributed by atoms with Gasteiger partial charge in [-0.3, -0.25) is 4.98 Å². The summed E-state index contributed by atoms with van der Waals surface area (Å²) in [6, 6.07) is 18.2. The summed E-state index contributed by atoms with van der Waals surface area (Å²) in [6.07, 6.45) is 1.68. The second-order valence-corrected chi connectivity index (χ2v) is 4.89. The fourth-order valence-corrected chi connectivity index (χ4v) is 2.29. The largest absolute Gasteiger partial charge is 0.388 e. The van der Waals surface area contributed by atoms with Gasteiger partial charge in [0.15, 0.2) is 0 Å². The van der Waals surface area contributed by atoms with Crippen LogP contribution in [-0.2, 0) is 0 Å². The number of nitrogens with two attached hydrogens (primary N) is 1. The van der Waals surface area contributed by atoms with Gasteiger partial charge >= 0.3 is 0 Å². The van der Waals surface area contributed by atoms with Crippen LogP contribution in [0.15, 0.2) is 60.8 Å². The van der Waals surface area contributed by atoms with E-state index in [4.69, 9.17) is 18.0 Å². The first-order valence-corrected chi connectivity index (χ1v) is 6.65. The molecule has 0 spiro atoms. The Balaban J connectivity index is 1.99. The third kappa shape index (κ3) is 2.46. The number of hydrogen-bond acceptors (Lipinski definition) is 3. The van der Waals surface area contributed by atoms with E-state index in [1.165, 1.54) is 10.8 Å². The summed E-state index contributed by atoms with van der Waals surface area (Å²) in [5, 5.41) is 5.70. The summed E-state index contributed by atoms with van der Waals surface area (Å²) >= 11 is 5.02. The van der Waals surface area contributed by atoms with Gasteiger partial charge in [0.05, 0.1) is 5.69 Å². The van der Waals surface area contributed by atoms with Crippen molar-refractivity contribution in [2.45, 2.75) is 0 Å². The molecule has 0 saturated carbocycles. The summed E-state index contributed by atoms with van der Waals surface area (Å²) < 4.78 is 0. The summed E-state index contributed by atoms with van der Waals surface area (Å²) in [5.41, 5.74) is 8.09. The number of nitrogens with one attached hydrogen (secondary N) is 1. The molecule has 0 aliphatic rings. The molecule has 1 aromatic heterocycles. The number of pyridine rings is 1. The molecule has 0 atom stereocenters. The van der Waals surface area contributed by atoms with Gasteiger partial charge in [0.1, 0.15) is 10.7 Å². The molecule has 0 unspecified atom stereocenters. The molecule has 0 amide bonds. The zero-order valence-electron chi connectivity index (χ0n) is 10.7. The van der Waals surface area contributed by atoms with E-state index < -0.39 is 0 Å². The summed E-state index contributed by atoms with van der Waals surface area (Å²) in [7, 11) is 0. The van der Waals surface area contributed by atoms with E-state index in [0.29, 0.717) is 5.69 Å². The minimum Gasteiger partial charge on any atom is -0.388 e. The van der Waals surface area contributed by atoms with Crippen molar-refractivity contribution in [2.24, 2.45) is 5.73 Å². The highest BCUT2D eigenvalue weighted by molar-refractivity contribution is 7.80. The van der Waals surface area contributed by atoms with Crippen molar-refractivity contribution in [3.05, 3.63) is 66.5 Å². The Morgan fingerprint density at radius 2 is 1.80 bits per heavy atom. The standard InChI is InChI=1S/C16H13N3S/c17-16(20)15-14(6-3-9-18-15)19-13-8-7-11-4-1-2-5-12(11)10-13/h1-10,19H,(H2,17,20). The lowest BCUT2D eigenvalue weighted by atomic mass is 10.1. The molecule has 20 heavy (non-hydrogen) atoms. The van der Waals surface area contributed by atoms with E-state index in [0.717, 1.165) is 11.4 Å². The van der Waals surface area contributed by atoms with E-state index in [9.17, 15) is 0 Å². The molecule has 0 fully saturated rings. The average Bonchev–Trinajstić information content (AvgIpc) is 2.47. The van der Waals surface area contributed by atoms with Gasteiger partial charge in [-0.25, -0.2) is 0 Å². The van der Waals surface area contributed by atoms with E-state index in [1.54, 1.807) is 6.20 Å². The lowest BCUT2D eigenvalue weighted by Gasteiger charge is -2.10. The number of fused-ring (bicyclic) bond motifs is 1. The Labute approximate surface area is 122 Å². The Morgan fingerprint density at radius 1 is 1.00 bits per heavy atom. The van der Waals surface area contributed by atoms with Gasteiger partial charge in [0, 0.05) is 11.9 Å². The lowest BCUT2D eigenvalue weighted by Crippen LogP contribution is -2.13. The van der Waals surface area contributed by atoms with Crippen LogP contribution in [0.2, 0.25) is 0 Å². The zero-order valence-corrected chi connectivity index (χ0v) is 11.5. The Morgan fingerprint density at radius 3 is 2.60 bits per heavy atom. The third-order valence-electron chi connectivity index (χ3n) is 3.07. The van der Waals surface area contributed by atoms with Crippen LogP contribution in [0.1, 0.15) is 5.69 Å². The molecule has 2 aromatic carbocycles. The van der Waals surface area contributed by atoms with Crippen molar-refractivity contribution >= 4 is 39.4 Å². The van der Waals surface area contributed by atoms with Crippen LogP contribution in [0.5, 0.6) is 0 Å². The molecule has 1 heterocycles. The van der Waals surface area contributed by atoms with Crippen molar-refractivity contribution in [3.63, 3.8) is 0 Å². The molecule has 3 nitrogen and oxygen atoms in total. The van der Waals surface area contributed by atoms with Gasteiger partial charge < -0.3 is 11.1 Å². The van der Waals surface area contributed by atoms with Crippen LogP contribution in [0.25, 0.3) is 10.8 Å². The number of rotatable bonds is 3. The van der Waals surface area contributed by atoms with Gasteiger partial charge in [0.2, 0.25) is 0 Å². The van der Waals surface area contributed by atoms with Crippen LogP contribution < -0.4 is 11.1 Å². The maximum Gasteiger partial charge on any atom is 0.124 e. The van der Waals surface area contributed by atoms with Gasteiger partial charge in [-0.1, -0.05) is 42.5 Å². The second-order valence-electron chi connectivity index (χ2n) is 4.45. The average molecular weight is 279 g/mol. The number of benzene rings is 2. The SMILES string of the molecule is NC(=S)c1ncccc1Nc1ccc2ccccc2c1. The molecule has 3 N–H and O–H groups in total. The van der Waals surface area contributed by atoms with E-state index in [1.807, 2.05) is 30.3 Å². The summed E-state index contributed by atoms with van der Waals surface area (Å²) in [5.74, 6) is 0. The van der Waals surface area contributed by atoms with Crippen LogP contribution in [-0.4, -0.2) is 9.97 Å². The highest BCUT2D eigenvalue weighted by Gasteiger charge is 2.06. The first kappa shape index (κ1) is 12.6. The maximum absolute atomic E-state index is 5.69. The molecule has 0 aliphatic carbocycles. The van der Waals surface area contributed by atoms with E-state index in [2.05, 4.69) is 34.6 Å². The van der Waals surface area contributed by atoms with Crippen molar-refractivity contribution < 1.29 is 0 Å². The first-order chi connectivity index (χ1) is 9.74. The second kappa shape index (κ2) is 5.27. The number of aromatic nitrogens is 1. The molecule has 98 valence electrons. The monoisotopic (exact) mass is 279 g/mol. The van der Waals surface area contributed by atoms with Crippen molar-refractivity contribution in [1.29, 1.82) is 0 Å². The van der Waals surface area contributed by atoms with Crippen molar-refractivity contribution in [1.82, 2.24) is 4.98 Å². The van der Waals surface area contributed by atoms with Crippen LogP contribution in [0, 0.1) is 0 Å². The van der Waals surface area contributed by atoms with E-state index >= 15 is 0 Å². The molecule has 0 bridgehead atoms. The molecule has 0 aliphatic heterocycles. The molecule has 3 rings (SSSR count). The smallest absolute Gasteiger partial charge is 0.124 e.